The second-order valence-corrected chi connectivity index (χ2v) is 7.44. The lowest BCUT2D eigenvalue weighted by Gasteiger charge is -2.11. The number of hydrogen-bond donors (Lipinski definition) is 1. The molecule has 32 heavy (non-hydrogen) atoms. The fraction of sp³-hybridized carbons (Fsp3) is 0.154. The third-order valence-corrected chi connectivity index (χ3v) is 5.10. The number of carbonyl (C=O) groups is 1. The smallest absolute Gasteiger partial charge is 0.341 e. The first-order valence-electron chi connectivity index (χ1n) is 10.3. The largest absolute Gasteiger partial charge is 0.496 e. The molecule has 162 valence electrons. The maximum absolute atomic E-state index is 11.1. The summed E-state index contributed by atoms with van der Waals surface area (Å²) in [6.45, 7) is 2.09. The van der Waals surface area contributed by atoms with Crippen LogP contribution in [0.4, 0.5) is 0 Å². The van der Waals surface area contributed by atoms with Crippen LogP contribution in [0.3, 0.4) is 0 Å². The maximum atomic E-state index is 11.1. The summed E-state index contributed by atoms with van der Waals surface area (Å²) >= 11 is 0. The van der Waals surface area contributed by atoms with Crippen molar-refractivity contribution in [3.8, 4) is 34.0 Å². The summed E-state index contributed by atoms with van der Waals surface area (Å²) < 4.78 is 13.1. The van der Waals surface area contributed by atoms with E-state index in [-0.39, 0.29) is 0 Å². The molecule has 1 N–H and O–H groups in total. The van der Waals surface area contributed by atoms with Gasteiger partial charge in [-0.1, -0.05) is 48.5 Å². The monoisotopic (exact) mass is 428 g/mol. The van der Waals surface area contributed by atoms with Gasteiger partial charge < -0.3 is 14.6 Å². The lowest BCUT2D eigenvalue weighted by molar-refractivity contribution is -0.139. The van der Waals surface area contributed by atoms with Crippen molar-refractivity contribution in [3.63, 3.8) is 0 Å². The van der Waals surface area contributed by atoms with Gasteiger partial charge >= 0.3 is 5.97 Å². The number of ether oxygens (including phenoxy) is 2. The number of aryl methyl sites for hydroxylation is 1. The Hall–Kier alpha value is -4.06. The van der Waals surface area contributed by atoms with Gasteiger partial charge in [0.2, 0.25) is 0 Å². The number of carboxylic acids is 1. The van der Waals surface area contributed by atoms with E-state index in [4.69, 9.17) is 19.7 Å². The predicted molar refractivity (Wildman–Crippen MR) is 123 cm³/mol. The van der Waals surface area contributed by atoms with Gasteiger partial charge in [-0.25, -0.2) is 4.79 Å². The number of nitrogens with zero attached hydrogens (tertiary/aromatic N) is 2. The van der Waals surface area contributed by atoms with Gasteiger partial charge in [-0.15, -0.1) is 0 Å². The van der Waals surface area contributed by atoms with E-state index < -0.39 is 12.6 Å². The topological polar surface area (TPSA) is 73.6 Å². The van der Waals surface area contributed by atoms with Gasteiger partial charge in [-0.05, 0) is 48.4 Å². The van der Waals surface area contributed by atoms with Crippen molar-refractivity contribution >= 4 is 5.97 Å². The normalized spacial score (nSPS) is 10.7. The van der Waals surface area contributed by atoms with Crippen LogP contribution >= 0.6 is 0 Å². The van der Waals surface area contributed by atoms with Gasteiger partial charge in [-0.3, -0.25) is 4.68 Å². The zero-order valence-electron chi connectivity index (χ0n) is 18.0. The predicted octanol–water partition coefficient (Wildman–Crippen LogP) is 5.05. The van der Waals surface area contributed by atoms with Gasteiger partial charge in [0, 0.05) is 11.1 Å². The highest BCUT2D eigenvalue weighted by molar-refractivity contribution is 5.76. The van der Waals surface area contributed by atoms with Crippen LogP contribution in [0.15, 0.2) is 78.9 Å². The number of carboxylic acid groups (broad SMARTS) is 1. The summed E-state index contributed by atoms with van der Waals surface area (Å²) in [6, 6.07) is 25.6. The van der Waals surface area contributed by atoms with Gasteiger partial charge in [0.25, 0.3) is 0 Å². The molecule has 6 nitrogen and oxygen atoms in total. The molecule has 0 aliphatic carbocycles. The minimum atomic E-state index is -1.03. The van der Waals surface area contributed by atoms with Crippen LogP contribution in [0.2, 0.25) is 0 Å². The number of methoxy groups -OCH3 is 1. The molecular formula is C26H24N2O4. The number of rotatable bonds is 8. The van der Waals surface area contributed by atoms with E-state index in [0.29, 0.717) is 18.0 Å². The fourth-order valence-electron chi connectivity index (χ4n) is 3.60. The fourth-order valence-corrected chi connectivity index (χ4v) is 3.60. The maximum Gasteiger partial charge on any atom is 0.341 e. The third kappa shape index (κ3) is 4.64. The van der Waals surface area contributed by atoms with E-state index in [0.717, 1.165) is 33.7 Å². The first-order chi connectivity index (χ1) is 15.5. The van der Waals surface area contributed by atoms with E-state index in [1.165, 1.54) is 0 Å². The van der Waals surface area contributed by atoms with Crippen molar-refractivity contribution in [3.05, 3.63) is 90.0 Å². The van der Waals surface area contributed by atoms with Crippen LogP contribution in [-0.4, -0.2) is 34.6 Å². The molecule has 0 saturated carbocycles. The van der Waals surface area contributed by atoms with E-state index >= 15 is 0 Å². The van der Waals surface area contributed by atoms with Crippen LogP contribution in [0.1, 0.15) is 11.1 Å². The van der Waals surface area contributed by atoms with Crippen molar-refractivity contribution in [1.29, 1.82) is 0 Å². The highest BCUT2D eigenvalue weighted by Gasteiger charge is 2.18. The van der Waals surface area contributed by atoms with Crippen molar-refractivity contribution in [2.75, 3.05) is 13.7 Å². The first kappa shape index (κ1) is 21.2. The second kappa shape index (κ2) is 9.39. The average Bonchev–Trinajstić information content (AvgIpc) is 3.21. The van der Waals surface area contributed by atoms with E-state index in [9.17, 15) is 4.79 Å². The molecule has 0 atom stereocenters. The molecule has 3 aromatic carbocycles. The van der Waals surface area contributed by atoms with E-state index in [1.54, 1.807) is 7.11 Å². The Balaban J connectivity index is 1.84. The van der Waals surface area contributed by atoms with Gasteiger partial charge in [-0.2, -0.15) is 5.10 Å². The number of aliphatic carboxylic acids is 1. The number of hydrogen-bond acceptors (Lipinski definition) is 4. The first-order valence-corrected chi connectivity index (χ1v) is 10.3. The summed E-state index contributed by atoms with van der Waals surface area (Å²) in [5.74, 6) is 0.213. The minimum absolute atomic E-state index is 0.416. The van der Waals surface area contributed by atoms with Gasteiger partial charge in [0.1, 0.15) is 11.5 Å². The van der Waals surface area contributed by atoms with Gasteiger partial charge in [0.15, 0.2) is 6.61 Å². The summed E-state index contributed by atoms with van der Waals surface area (Å²) in [5, 5.41) is 13.9. The van der Waals surface area contributed by atoms with Gasteiger partial charge in [0.05, 0.1) is 25.0 Å². The zero-order valence-corrected chi connectivity index (χ0v) is 18.0. The second-order valence-electron chi connectivity index (χ2n) is 7.44. The number of para-hydroxylation sites is 1. The highest BCUT2D eigenvalue weighted by atomic mass is 16.5. The lowest BCUT2D eigenvalue weighted by atomic mass is 10.1. The summed E-state index contributed by atoms with van der Waals surface area (Å²) in [4.78, 5) is 11.1. The van der Waals surface area contributed by atoms with E-state index in [1.807, 2.05) is 78.3 Å². The quantitative estimate of drug-likeness (QED) is 0.425. The molecule has 0 saturated heterocycles. The molecule has 1 aromatic heterocycles. The average molecular weight is 428 g/mol. The molecule has 0 aliphatic heterocycles. The Bertz CT molecular complexity index is 1230. The Morgan fingerprint density at radius 2 is 1.69 bits per heavy atom. The molecule has 4 aromatic rings. The Kier molecular flexibility index (Phi) is 6.22. The number of benzene rings is 3. The standard InChI is InChI=1S/C26H24N2O4/c1-18-12-13-20(25(14-18)32-17-26(29)30)22-15-23(21-10-6-7-11-24(21)31-2)28(27-22)16-19-8-4-3-5-9-19/h3-15H,16-17H2,1-2H3,(H,29,30). The van der Waals surface area contributed by atoms with Crippen LogP contribution in [0.25, 0.3) is 22.5 Å². The Morgan fingerprint density at radius 3 is 2.44 bits per heavy atom. The molecule has 0 radical (unpaired) electrons. The molecular weight excluding hydrogens is 404 g/mol. The molecule has 0 amide bonds. The summed E-state index contributed by atoms with van der Waals surface area (Å²) in [6.07, 6.45) is 0. The summed E-state index contributed by atoms with van der Waals surface area (Å²) in [7, 11) is 1.65. The van der Waals surface area contributed by atoms with Crippen LogP contribution < -0.4 is 9.47 Å². The van der Waals surface area contributed by atoms with Crippen molar-refractivity contribution < 1.29 is 19.4 Å². The van der Waals surface area contributed by atoms with E-state index in [2.05, 4.69) is 12.1 Å². The SMILES string of the molecule is COc1ccccc1-c1cc(-c2ccc(C)cc2OCC(=O)O)nn1Cc1ccccc1. The third-order valence-electron chi connectivity index (χ3n) is 5.10. The number of aromatic nitrogens is 2. The molecule has 0 aliphatic rings. The molecule has 6 heteroatoms. The molecule has 4 rings (SSSR count). The molecule has 0 spiro atoms. The van der Waals surface area contributed by atoms with Crippen molar-refractivity contribution in [2.24, 2.45) is 0 Å². The van der Waals surface area contributed by atoms with Crippen LogP contribution in [-0.2, 0) is 11.3 Å². The molecule has 0 fully saturated rings. The van der Waals surface area contributed by atoms with Crippen molar-refractivity contribution in [2.45, 2.75) is 13.5 Å². The Morgan fingerprint density at radius 1 is 0.938 bits per heavy atom. The Labute approximate surface area is 186 Å². The lowest BCUT2D eigenvalue weighted by Crippen LogP contribution is -2.10. The minimum Gasteiger partial charge on any atom is -0.496 e. The molecule has 0 unspecified atom stereocenters. The summed E-state index contributed by atoms with van der Waals surface area (Å²) in [5.41, 5.74) is 5.34. The molecule has 1 heterocycles. The highest BCUT2D eigenvalue weighted by Crippen LogP contribution is 2.36. The van der Waals surface area contributed by atoms with Crippen LogP contribution in [0, 0.1) is 6.92 Å². The van der Waals surface area contributed by atoms with Crippen molar-refractivity contribution in [1.82, 2.24) is 9.78 Å². The zero-order chi connectivity index (χ0) is 22.5. The van der Waals surface area contributed by atoms with Crippen LogP contribution in [0.5, 0.6) is 11.5 Å². The molecule has 0 bridgehead atoms.